The number of nitrogens with one attached hydrogen (secondary N) is 1. The molecule has 1 rings (SSSR count). The summed E-state index contributed by atoms with van der Waals surface area (Å²) >= 11 is 0. The zero-order chi connectivity index (χ0) is 15.3. The van der Waals surface area contributed by atoms with E-state index < -0.39 is 0 Å². The fourth-order valence-electron chi connectivity index (χ4n) is 2.65. The predicted octanol–water partition coefficient (Wildman–Crippen LogP) is 5.54. The number of hydrogen-bond acceptors (Lipinski definition) is 2. The van der Waals surface area contributed by atoms with E-state index in [1.165, 1.54) is 64.2 Å². The lowest BCUT2D eigenvalue weighted by atomic mass is 10.1. The van der Waals surface area contributed by atoms with Gasteiger partial charge in [0.2, 0.25) is 5.95 Å². The van der Waals surface area contributed by atoms with Crippen LogP contribution in [-0.2, 0) is 6.54 Å². The predicted molar refractivity (Wildman–Crippen MR) is 93.0 cm³/mol. The van der Waals surface area contributed by atoms with E-state index in [1.54, 1.807) is 0 Å². The van der Waals surface area contributed by atoms with Crippen molar-refractivity contribution in [3.8, 4) is 0 Å². The fourth-order valence-corrected chi connectivity index (χ4v) is 2.65. The van der Waals surface area contributed by atoms with Crippen LogP contribution in [0.15, 0.2) is 6.20 Å². The highest BCUT2D eigenvalue weighted by Crippen LogP contribution is 2.13. The third-order valence-electron chi connectivity index (χ3n) is 3.96. The van der Waals surface area contributed by atoms with Gasteiger partial charge in [0, 0.05) is 19.3 Å². The number of anilines is 1. The summed E-state index contributed by atoms with van der Waals surface area (Å²) in [5, 5.41) is 3.46. The van der Waals surface area contributed by atoms with Crippen LogP contribution in [0.2, 0.25) is 0 Å². The molecule has 0 bridgehead atoms. The van der Waals surface area contributed by atoms with Crippen molar-refractivity contribution in [3.63, 3.8) is 0 Å². The van der Waals surface area contributed by atoms with Crippen LogP contribution in [0, 0.1) is 6.92 Å². The lowest BCUT2D eigenvalue weighted by molar-refractivity contribution is 0.545. The zero-order valence-corrected chi connectivity index (χ0v) is 14.5. The van der Waals surface area contributed by atoms with Gasteiger partial charge in [0.15, 0.2) is 0 Å². The molecule has 1 aromatic rings. The van der Waals surface area contributed by atoms with Gasteiger partial charge in [0.25, 0.3) is 0 Å². The van der Waals surface area contributed by atoms with Crippen molar-refractivity contribution in [2.75, 3.05) is 11.9 Å². The first-order chi connectivity index (χ1) is 10.3. The van der Waals surface area contributed by atoms with E-state index in [9.17, 15) is 0 Å². The summed E-state index contributed by atoms with van der Waals surface area (Å²) in [7, 11) is 0. The lowest BCUT2D eigenvalue weighted by Gasteiger charge is -2.09. The van der Waals surface area contributed by atoms with Crippen LogP contribution in [0.4, 0.5) is 5.95 Å². The molecular weight excluding hydrogens is 258 g/mol. The van der Waals surface area contributed by atoms with Gasteiger partial charge in [-0.2, -0.15) is 0 Å². The molecule has 1 N–H and O–H groups in total. The van der Waals surface area contributed by atoms with Gasteiger partial charge in [-0.25, -0.2) is 4.98 Å². The Hall–Kier alpha value is -0.990. The molecule has 0 radical (unpaired) electrons. The van der Waals surface area contributed by atoms with Crippen LogP contribution in [0.25, 0.3) is 0 Å². The normalized spacial score (nSPS) is 11.0. The Morgan fingerprint density at radius 1 is 0.905 bits per heavy atom. The molecule has 0 saturated heterocycles. The van der Waals surface area contributed by atoms with Gasteiger partial charge in [-0.05, 0) is 19.8 Å². The maximum Gasteiger partial charge on any atom is 0.203 e. The summed E-state index contributed by atoms with van der Waals surface area (Å²) in [6, 6.07) is 0. The Balaban J connectivity index is 2.16. The maximum atomic E-state index is 4.58. The number of aryl methyl sites for hydroxylation is 2. The monoisotopic (exact) mass is 293 g/mol. The van der Waals surface area contributed by atoms with Gasteiger partial charge in [-0.1, -0.05) is 65.2 Å². The number of unbranched alkanes of at least 4 members (excludes halogenated alkanes) is 8. The minimum absolute atomic E-state index is 1.03. The van der Waals surface area contributed by atoms with Crippen LogP contribution in [0.5, 0.6) is 0 Å². The quantitative estimate of drug-likeness (QED) is 0.484. The number of imidazole rings is 1. The summed E-state index contributed by atoms with van der Waals surface area (Å²) in [5.74, 6) is 1.06. The molecule has 0 aliphatic heterocycles. The Morgan fingerprint density at radius 2 is 1.52 bits per heavy atom. The van der Waals surface area contributed by atoms with Gasteiger partial charge in [-0.3, -0.25) is 0 Å². The largest absolute Gasteiger partial charge is 0.356 e. The average molecular weight is 293 g/mol. The Kier molecular flexibility index (Phi) is 10.0. The maximum absolute atomic E-state index is 4.58. The first kappa shape index (κ1) is 18.1. The molecule has 0 aliphatic carbocycles. The Bertz CT molecular complexity index is 357. The van der Waals surface area contributed by atoms with Crippen molar-refractivity contribution >= 4 is 5.95 Å². The average Bonchev–Trinajstić information content (AvgIpc) is 2.82. The van der Waals surface area contributed by atoms with E-state index in [4.69, 9.17) is 0 Å². The molecule has 0 aromatic carbocycles. The molecule has 122 valence electrons. The number of nitrogens with zero attached hydrogens (tertiary/aromatic N) is 2. The highest BCUT2D eigenvalue weighted by atomic mass is 15.2. The van der Waals surface area contributed by atoms with Crippen molar-refractivity contribution in [1.82, 2.24) is 9.55 Å². The molecule has 0 saturated carbocycles. The molecule has 0 aliphatic rings. The fraction of sp³-hybridized carbons (Fsp3) is 0.833. The molecular formula is C18H35N3. The Morgan fingerprint density at radius 3 is 2.19 bits per heavy atom. The highest BCUT2D eigenvalue weighted by molar-refractivity contribution is 5.28. The first-order valence-electron chi connectivity index (χ1n) is 9.05. The molecule has 0 amide bonds. The van der Waals surface area contributed by atoms with Crippen molar-refractivity contribution in [1.29, 1.82) is 0 Å². The van der Waals surface area contributed by atoms with Crippen LogP contribution in [-0.4, -0.2) is 16.1 Å². The Labute approximate surface area is 131 Å². The number of aromatic nitrogens is 2. The zero-order valence-electron chi connectivity index (χ0n) is 14.5. The standard InChI is InChI=1S/C18H35N3/c1-4-6-8-9-10-11-12-13-15-21-16-17(3)20-18(21)19-14-7-5-2/h16H,4-15H2,1-3H3,(H,19,20). The van der Waals surface area contributed by atoms with Gasteiger partial charge < -0.3 is 9.88 Å². The van der Waals surface area contributed by atoms with Crippen molar-refractivity contribution in [2.24, 2.45) is 0 Å². The minimum Gasteiger partial charge on any atom is -0.356 e. The van der Waals surface area contributed by atoms with Gasteiger partial charge in [-0.15, -0.1) is 0 Å². The topological polar surface area (TPSA) is 29.9 Å². The van der Waals surface area contributed by atoms with Gasteiger partial charge >= 0.3 is 0 Å². The second-order valence-electron chi connectivity index (χ2n) is 6.15. The van der Waals surface area contributed by atoms with Crippen molar-refractivity contribution < 1.29 is 0 Å². The number of hydrogen-bond donors (Lipinski definition) is 1. The molecule has 1 heterocycles. The SMILES string of the molecule is CCCCCCCCCCn1cc(C)nc1NCCCC. The van der Waals surface area contributed by atoms with E-state index in [2.05, 4.69) is 41.8 Å². The van der Waals surface area contributed by atoms with E-state index in [1.807, 2.05) is 0 Å². The summed E-state index contributed by atoms with van der Waals surface area (Å²) in [4.78, 5) is 4.58. The summed E-state index contributed by atoms with van der Waals surface area (Å²) < 4.78 is 2.29. The van der Waals surface area contributed by atoms with Crippen molar-refractivity contribution in [2.45, 2.75) is 91.5 Å². The smallest absolute Gasteiger partial charge is 0.203 e. The molecule has 0 fully saturated rings. The van der Waals surface area contributed by atoms with E-state index in [-0.39, 0.29) is 0 Å². The molecule has 21 heavy (non-hydrogen) atoms. The molecule has 0 spiro atoms. The lowest BCUT2D eigenvalue weighted by Crippen LogP contribution is -2.08. The van der Waals surface area contributed by atoms with E-state index >= 15 is 0 Å². The van der Waals surface area contributed by atoms with E-state index in [0.29, 0.717) is 0 Å². The van der Waals surface area contributed by atoms with Crippen LogP contribution in [0.3, 0.4) is 0 Å². The number of rotatable bonds is 13. The minimum atomic E-state index is 1.03. The second kappa shape index (κ2) is 11.6. The van der Waals surface area contributed by atoms with E-state index in [0.717, 1.165) is 24.7 Å². The highest BCUT2D eigenvalue weighted by Gasteiger charge is 2.04. The molecule has 0 atom stereocenters. The summed E-state index contributed by atoms with van der Waals surface area (Å²) in [6.07, 6.45) is 15.6. The molecule has 3 nitrogen and oxygen atoms in total. The van der Waals surface area contributed by atoms with Crippen LogP contribution in [0.1, 0.15) is 83.7 Å². The summed E-state index contributed by atoms with van der Waals surface area (Å²) in [5.41, 5.74) is 1.12. The third-order valence-corrected chi connectivity index (χ3v) is 3.96. The van der Waals surface area contributed by atoms with Gasteiger partial charge in [0.1, 0.15) is 0 Å². The summed E-state index contributed by atoms with van der Waals surface area (Å²) in [6.45, 7) is 8.71. The first-order valence-corrected chi connectivity index (χ1v) is 9.05. The second-order valence-corrected chi connectivity index (χ2v) is 6.15. The molecule has 3 heteroatoms. The van der Waals surface area contributed by atoms with Crippen LogP contribution >= 0.6 is 0 Å². The molecule has 1 aromatic heterocycles. The van der Waals surface area contributed by atoms with Gasteiger partial charge in [0.05, 0.1) is 5.69 Å². The van der Waals surface area contributed by atoms with Crippen LogP contribution < -0.4 is 5.32 Å². The van der Waals surface area contributed by atoms with Crippen molar-refractivity contribution in [3.05, 3.63) is 11.9 Å². The molecule has 0 unspecified atom stereocenters. The third kappa shape index (κ3) is 8.13.